The lowest BCUT2D eigenvalue weighted by Crippen LogP contribution is -2.14. The van der Waals surface area contributed by atoms with Crippen LogP contribution in [0.15, 0.2) is 71.9 Å². The van der Waals surface area contributed by atoms with Crippen LogP contribution in [-0.4, -0.2) is 28.7 Å². The summed E-state index contributed by atoms with van der Waals surface area (Å²) in [5.74, 6) is 0.669. The highest BCUT2D eigenvalue weighted by Gasteiger charge is 2.13. The molecule has 0 saturated heterocycles. The van der Waals surface area contributed by atoms with E-state index in [0.717, 1.165) is 16.5 Å². The molecule has 1 amide bonds. The van der Waals surface area contributed by atoms with Gasteiger partial charge >= 0.3 is 0 Å². The predicted molar refractivity (Wildman–Crippen MR) is 119 cm³/mol. The van der Waals surface area contributed by atoms with Crippen LogP contribution in [0.4, 0.5) is 5.69 Å². The summed E-state index contributed by atoms with van der Waals surface area (Å²) < 4.78 is 5.41. The number of nitriles is 1. The quantitative estimate of drug-likeness (QED) is 0.441. The predicted octanol–water partition coefficient (Wildman–Crippen LogP) is 4.84. The number of carbonyl (C=O) groups excluding carboxylic acids is 1. The number of carbonyl (C=O) groups is 1. The van der Waals surface area contributed by atoms with E-state index in [9.17, 15) is 10.1 Å². The summed E-state index contributed by atoms with van der Waals surface area (Å²) >= 11 is 1.23. The van der Waals surface area contributed by atoms with Crippen molar-refractivity contribution in [1.29, 1.82) is 5.26 Å². The lowest BCUT2D eigenvalue weighted by Gasteiger charge is -2.10. The minimum atomic E-state index is -0.167. The molecule has 0 aliphatic rings. The molecule has 2 N–H and O–H groups in total. The largest absolute Gasteiger partial charge is 0.496 e. The summed E-state index contributed by atoms with van der Waals surface area (Å²) in [5.41, 5.74) is 3.62. The Balaban J connectivity index is 1.50. The third-order valence-electron chi connectivity index (χ3n) is 4.54. The summed E-state index contributed by atoms with van der Waals surface area (Å²) in [4.78, 5) is 20.2. The van der Waals surface area contributed by atoms with E-state index in [0.29, 0.717) is 27.7 Å². The number of methoxy groups -OCH3 is 1. The Labute approximate surface area is 177 Å². The summed E-state index contributed by atoms with van der Waals surface area (Å²) in [6.07, 6.45) is 1.86. The number of nitrogens with one attached hydrogen (secondary N) is 2. The molecule has 0 spiro atoms. The number of hydrogen-bond donors (Lipinski definition) is 2. The monoisotopic (exact) mass is 414 g/mol. The minimum Gasteiger partial charge on any atom is -0.496 e. The number of rotatable bonds is 6. The van der Waals surface area contributed by atoms with Crippen LogP contribution >= 0.6 is 11.8 Å². The van der Waals surface area contributed by atoms with Crippen molar-refractivity contribution in [2.45, 2.75) is 5.03 Å². The van der Waals surface area contributed by atoms with Crippen molar-refractivity contribution in [3.63, 3.8) is 0 Å². The van der Waals surface area contributed by atoms with Crippen LogP contribution in [0.1, 0.15) is 5.56 Å². The topological polar surface area (TPSA) is 90.8 Å². The van der Waals surface area contributed by atoms with E-state index in [1.165, 1.54) is 11.8 Å². The maximum atomic E-state index is 12.4. The average Bonchev–Trinajstić information content (AvgIpc) is 3.25. The van der Waals surface area contributed by atoms with Gasteiger partial charge in [-0.05, 0) is 47.9 Å². The van der Waals surface area contributed by atoms with Crippen molar-refractivity contribution in [3.8, 4) is 23.1 Å². The number of hydrogen-bond acceptors (Lipinski definition) is 5. The number of nitrogens with zero attached hydrogens (tertiary/aromatic N) is 2. The number of H-pyrrole nitrogens is 1. The van der Waals surface area contributed by atoms with Gasteiger partial charge in [0.05, 0.1) is 24.1 Å². The normalized spacial score (nSPS) is 10.5. The SMILES string of the molecule is COc1ccccc1-c1ccc(C#N)c(SCC(=O)Nc2ccc3cc[nH]c3c2)n1. The zero-order valence-corrected chi connectivity index (χ0v) is 17.0. The molecule has 6 nitrogen and oxygen atoms in total. The summed E-state index contributed by atoms with van der Waals surface area (Å²) in [6.45, 7) is 0. The van der Waals surface area contributed by atoms with Gasteiger partial charge in [-0.3, -0.25) is 4.79 Å². The highest BCUT2D eigenvalue weighted by Crippen LogP contribution is 2.31. The second-order valence-electron chi connectivity index (χ2n) is 6.48. The highest BCUT2D eigenvalue weighted by molar-refractivity contribution is 8.00. The van der Waals surface area contributed by atoms with E-state index < -0.39 is 0 Å². The van der Waals surface area contributed by atoms with Gasteiger partial charge in [-0.25, -0.2) is 4.98 Å². The first-order valence-corrected chi connectivity index (χ1v) is 10.2. The summed E-state index contributed by atoms with van der Waals surface area (Å²) in [5, 5.41) is 13.9. The summed E-state index contributed by atoms with van der Waals surface area (Å²) in [6, 6.07) is 20.9. The van der Waals surface area contributed by atoms with Crippen molar-refractivity contribution in [2.75, 3.05) is 18.2 Å². The first kappa shape index (κ1) is 19.6. The molecule has 4 aromatic rings. The molecule has 4 rings (SSSR count). The molecule has 0 aliphatic heterocycles. The van der Waals surface area contributed by atoms with E-state index in [1.807, 2.05) is 54.7 Å². The van der Waals surface area contributed by atoms with Crippen LogP contribution in [0, 0.1) is 11.3 Å². The van der Waals surface area contributed by atoms with E-state index in [-0.39, 0.29) is 11.7 Å². The van der Waals surface area contributed by atoms with Crippen LogP contribution in [0.2, 0.25) is 0 Å². The number of fused-ring (bicyclic) bond motifs is 1. The first-order valence-electron chi connectivity index (χ1n) is 9.22. The lowest BCUT2D eigenvalue weighted by molar-refractivity contribution is -0.113. The molecule has 0 saturated carbocycles. The molecular weight excluding hydrogens is 396 g/mol. The minimum absolute atomic E-state index is 0.139. The van der Waals surface area contributed by atoms with Gasteiger partial charge in [-0.2, -0.15) is 5.26 Å². The van der Waals surface area contributed by atoms with Gasteiger partial charge in [0.1, 0.15) is 16.8 Å². The number of amides is 1. The molecule has 0 fully saturated rings. The number of para-hydroxylation sites is 1. The van der Waals surface area contributed by atoms with Crippen LogP contribution in [0.5, 0.6) is 5.75 Å². The van der Waals surface area contributed by atoms with Gasteiger partial charge in [0.25, 0.3) is 0 Å². The van der Waals surface area contributed by atoms with Crippen molar-refractivity contribution in [3.05, 3.63) is 72.4 Å². The average molecular weight is 414 g/mol. The second kappa shape index (κ2) is 8.72. The number of anilines is 1. The van der Waals surface area contributed by atoms with Crippen LogP contribution in [0.3, 0.4) is 0 Å². The van der Waals surface area contributed by atoms with E-state index in [2.05, 4.69) is 21.4 Å². The Morgan fingerprint density at radius 3 is 2.90 bits per heavy atom. The van der Waals surface area contributed by atoms with Gasteiger partial charge in [0.2, 0.25) is 5.91 Å². The molecule has 0 unspecified atom stereocenters. The van der Waals surface area contributed by atoms with Crippen LogP contribution < -0.4 is 10.1 Å². The van der Waals surface area contributed by atoms with E-state index in [1.54, 1.807) is 19.2 Å². The number of benzene rings is 2. The highest BCUT2D eigenvalue weighted by atomic mass is 32.2. The number of pyridine rings is 1. The fourth-order valence-electron chi connectivity index (χ4n) is 3.10. The van der Waals surface area contributed by atoms with Crippen molar-refractivity contribution < 1.29 is 9.53 Å². The van der Waals surface area contributed by atoms with Gasteiger partial charge < -0.3 is 15.0 Å². The van der Waals surface area contributed by atoms with Crippen LogP contribution in [0.25, 0.3) is 22.2 Å². The molecule has 0 bridgehead atoms. The number of ether oxygens (including phenoxy) is 1. The Morgan fingerprint density at radius 1 is 1.20 bits per heavy atom. The smallest absolute Gasteiger partial charge is 0.234 e. The maximum absolute atomic E-state index is 12.4. The molecule has 2 aromatic carbocycles. The van der Waals surface area contributed by atoms with E-state index in [4.69, 9.17) is 4.74 Å². The molecule has 30 heavy (non-hydrogen) atoms. The molecule has 2 heterocycles. The second-order valence-corrected chi connectivity index (χ2v) is 7.44. The molecule has 0 radical (unpaired) electrons. The fourth-order valence-corrected chi connectivity index (χ4v) is 3.87. The number of thioether (sulfide) groups is 1. The van der Waals surface area contributed by atoms with Gasteiger partial charge in [0.15, 0.2) is 0 Å². The zero-order chi connectivity index (χ0) is 20.9. The number of aromatic nitrogens is 2. The van der Waals surface area contributed by atoms with Gasteiger partial charge in [0, 0.05) is 23.0 Å². The third kappa shape index (κ3) is 4.14. The molecular formula is C23H18N4O2S. The van der Waals surface area contributed by atoms with Gasteiger partial charge in [-0.1, -0.05) is 30.0 Å². The first-order chi connectivity index (χ1) is 14.7. The fraction of sp³-hybridized carbons (Fsp3) is 0.0870. The Kier molecular flexibility index (Phi) is 5.68. The van der Waals surface area contributed by atoms with Crippen molar-refractivity contribution in [2.24, 2.45) is 0 Å². The standard InChI is InChI=1S/C23H18N4O2S/c1-29-21-5-3-2-4-18(21)19-9-7-16(13-24)23(27-19)30-14-22(28)26-17-8-6-15-10-11-25-20(15)12-17/h2-12,25H,14H2,1H3,(H,26,28). The Hall–Kier alpha value is -3.76. The number of aromatic amines is 1. The van der Waals surface area contributed by atoms with Gasteiger partial charge in [-0.15, -0.1) is 0 Å². The lowest BCUT2D eigenvalue weighted by atomic mass is 10.1. The molecule has 148 valence electrons. The van der Waals surface area contributed by atoms with Crippen LogP contribution in [-0.2, 0) is 4.79 Å². The maximum Gasteiger partial charge on any atom is 0.234 e. The Morgan fingerprint density at radius 2 is 2.07 bits per heavy atom. The molecule has 0 atom stereocenters. The Bertz CT molecular complexity index is 1260. The molecule has 7 heteroatoms. The van der Waals surface area contributed by atoms with E-state index >= 15 is 0 Å². The molecule has 2 aromatic heterocycles. The third-order valence-corrected chi connectivity index (χ3v) is 5.53. The van der Waals surface area contributed by atoms with Crippen molar-refractivity contribution in [1.82, 2.24) is 9.97 Å². The van der Waals surface area contributed by atoms with Crippen molar-refractivity contribution >= 4 is 34.3 Å². The summed E-state index contributed by atoms with van der Waals surface area (Å²) in [7, 11) is 1.60. The zero-order valence-electron chi connectivity index (χ0n) is 16.2. The molecule has 0 aliphatic carbocycles.